The molecule has 0 aliphatic rings. The first-order chi connectivity index (χ1) is 6.50. The molecule has 1 aromatic heterocycles. The van der Waals surface area contributed by atoms with Gasteiger partial charge in [-0.1, -0.05) is 13.8 Å². The van der Waals surface area contributed by atoms with Gasteiger partial charge in [-0.05, 0) is 0 Å². The minimum Gasteiger partial charge on any atom is -0.468 e. The lowest BCUT2D eigenvalue weighted by atomic mass is 9.85. The average Bonchev–Trinajstić information content (AvgIpc) is 2.68. The lowest BCUT2D eigenvalue weighted by Crippen LogP contribution is -2.47. The van der Waals surface area contributed by atoms with Crippen molar-refractivity contribution in [2.75, 3.05) is 7.11 Å². The van der Waals surface area contributed by atoms with Gasteiger partial charge in [-0.2, -0.15) is 0 Å². The zero-order valence-corrected chi connectivity index (χ0v) is 9.30. The standard InChI is InChI=1S/C9H14N2O2S/c1-9(2,6(10)7(12)13-3)8-11-4-5-14-8/h4-6H,10H2,1-3H3. The van der Waals surface area contributed by atoms with Crippen molar-refractivity contribution in [1.29, 1.82) is 0 Å². The summed E-state index contributed by atoms with van der Waals surface area (Å²) in [5, 5.41) is 2.71. The minimum absolute atomic E-state index is 0.412. The molecular weight excluding hydrogens is 200 g/mol. The molecular formula is C9H14N2O2S. The number of ether oxygens (including phenoxy) is 1. The number of nitrogens with two attached hydrogens (primary N) is 1. The average molecular weight is 214 g/mol. The van der Waals surface area contributed by atoms with Crippen molar-refractivity contribution in [1.82, 2.24) is 4.98 Å². The molecule has 0 saturated carbocycles. The molecule has 4 nitrogen and oxygen atoms in total. The van der Waals surface area contributed by atoms with E-state index in [-0.39, 0.29) is 0 Å². The molecule has 0 amide bonds. The summed E-state index contributed by atoms with van der Waals surface area (Å²) >= 11 is 1.49. The highest BCUT2D eigenvalue weighted by molar-refractivity contribution is 7.09. The molecule has 0 spiro atoms. The van der Waals surface area contributed by atoms with E-state index < -0.39 is 17.4 Å². The van der Waals surface area contributed by atoms with Gasteiger partial charge in [-0.25, -0.2) is 4.98 Å². The van der Waals surface area contributed by atoms with E-state index in [4.69, 9.17) is 5.73 Å². The molecule has 0 bridgehead atoms. The van der Waals surface area contributed by atoms with Gasteiger partial charge < -0.3 is 10.5 Å². The maximum atomic E-state index is 11.3. The Labute approximate surface area is 87.1 Å². The third-order valence-electron chi connectivity index (χ3n) is 2.22. The van der Waals surface area contributed by atoms with Crippen LogP contribution >= 0.6 is 11.3 Å². The van der Waals surface area contributed by atoms with Gasteiger partial charge in [0.25, 0.3) is 0 Å². The summed E-state index contributed by atoms with van der Waals surface area (Å²) in [6.45, 7) is 3.76. The number of nitrogens with zero attached hydrogens (tertiary/aromatic N) is 1. The first-order valence-electron chi connectivity index (χ1n) is 4.23. The highest BCUT2D eigenvalue weighted by Crippen LogP contribution is 2.28. The molecule has 1 aromatic rings. The molecule has 5 heteroatoms. The van der Waals surface area contributed by atoms with Gasteiger partial charge >= 0.3 is 5.97 Å². The second-order valence-corrected chi connectivity index (χ2v) is 4.45. The monoisotopic (exact) mass is 214 g/mol. The van der Waals surface area contributed by atoms with E-state index in [1.165, 1.54) is 18.4 Å². The Morgan fingerprint density at radius 1 is 1.71 bits per heavy atom. The summed E-state index contributed by atoms with van der Waals surface area (Å²) in [7, 11) is 1.33. The Kier molecular flexibility index (Phi) is 3.23. The molecule has 2 N–H and O–H groups in total. The van der Waals surface area contributed by atoms with Crippen LogP contribution in [0.5, 0.6) is 0 Å². The van der Waals surface area contributed by atoms with E-state index in [1.54, 1.807) is 6.20 Å². The number of hydrogen-bond acceptors (Lipinski definition) is 5. The van der Waals surface area contributed by atoms with Crippen LogP contribution in [0.2, 0.25) is 0 Å². The Bertz CT molecular complexity index is 309. The van der Waals surface area contributed by atoms with Crippen LogP contribution in [0.15, 0.2) is 11.6 Å². The number of carbonyl (C=O) groups is 1. The Morgan fingerprint density at radius 3 is 2.79 bits per heavy atom. The topological polar surface area (TPSA) is 65.2 Å². The molecule has 0 fully saturated rings. The summed E-state index contributed by atoms with van der Waals surface area (Å²) in [6.07, 6.45) is 1.70. The van der Waals surface area contributed by atoms with Crippen molar-refractivity contribution in [2.24, 2.45) is 5.73 Å². The van der Waals surface area contributed by atoms with Crippen LogP contribution in [0, 0.1) is 0 Å². The molecule has 1 heterocycles. The van der Waals surface area contributed by atoms with E-state index in [1.807, 2.05) is 19.2 Å². The molecule has 0 aliphatic carbocycles. The van der Waals surface area contributed by atoms with E-state index in [2.05, 4.69) is 9.72 Å². The van der Waals surface area contributed by atoms with Crippen molar-refractivity contribution in [3.8, 4) is 0 Å². The fourth-order valence-electron chi connectivity index (χ4n) is 1.10. The summed E-state index contributed by atoms with van der Waals surface area (Å²) in [5.41, 5.74) is 5.30. The number of esters is 1. The molecule has 0 aliphatic heterocycles. The Balaban J connectivity index is 2.90. The second-order valence-electron chi connectivity index (χ2n) is 3.56. The van der Waals surface area contributed by atoms with Gasteiger partial charge in [0.1, 0.15) is 11.0 Å². The van der Waals surface area contributed by atoms with Crippen LogP contribution in [-0.2, 0) is 14.9 Å². The lowest BCUT2D eigenvalue weighted by molar-refractivity contribution is -0.143. The number of hydrogen-bond donors (Lipinski definition) is 1. The van der Waals surface area contributed by atoms with Crippen LogP contribution in [0.1, 0.15) is 18.9 Å². The third-order valence-corrected chi connectivity index (χ3v) is 3.33. The summed E-state index contributed by atoms with van der Waals surface area (Å²) in [6, 6.07) is -0.682. The van der Waals surface area contributed by atoms with Crippen LogP contribution in [0.4, 0.5) is 0 Å². The SMILES string of the molecule is COC(=O)C(N)C(C)(C)c1nccs1. The van der Waals surface area contributed by atoms with Gasteiger partial charge in [-0.15, -0.1) is 11.3 Å². The Morgan fingerprint density at radius 2 is 2.36 bits per heavy atom. The number of aromatic nitrogens is 1. The van der Waals surface area contributed by atoms with Crippen molar-refractivity contribution < 1.29 is 9.53 Å². The fraction of sp³-hybridized carbons (Fsp3) is 0.556. The molecule has 1 unspecified atom stereocenters. The van der Waals surface area contributed by atoms with Gasteiger partial charge in [0.2, 0.25) is 0 Å². The lowest BCUT2D eigenvalue weighted by Gasteiger charge is -2.27. The summed E-state index contributed by atoms with van der Waals surface area (Å²) < 4.78 is 4.61. The van der Waals surface area contributed by atoms with Crippen LogP contribution < -0.4 is 5.73 Å². The zero-order chi connectivity index (χ0) is 10.8. The van der Waals surface area contributed by atoms with Crippen molar-refractivity contribution in [3.05, 3.63) is 16.6 Å². The number of rotatable bonds is 3. The molecule has 1 atom stereocenters. The largest absolute Gasteiger partial charge is 0.468 e. The Hall–Kier alpha value is -0.940. The quantitative estimate of drug-likeness (QED) is 0.760. The first kappa shape index (κ1) is 11.1. The van der Waals surface area contributed by atoms with Gasteiger partial charge in [0, 0.05) is 17.0 Å². The molecule has 0 saturated heterocycles. The highest BCUT2D eigenvalue weighted by Gasteiger charge is 2.36. The number of methoxy groups -OCH3 is 1. The molecule has 78 valence electrons. The van der Waals surface area contributed by atoms with E-state index >= 15 is 0 Å². The normalized spacial score (nSPS) is 13.7. The van der Waals surface area contributed by atoms with Gasteiger partial charge in [0.05, 0.1) is 7.11 Å². The second kappa shape index (κ2) is 4.06. The maximum Gasteiger partial charge on any atom is 0.323 e. The minimum atomic E-state index is -0.682. The van der Waals surface area contributed by atoms with Crippen molar-refractivity contribution in [2.45, 2.75) is 25.3 Å². The summed E-state index contributed by atoms with van der Waals surface area (Å²) in [4.78, 5) is 15.4. The van der Waals surface area contributed by atoms with E-state index in [0.29, 0.717) is 0 Å². The summed E-state index contributed by atoms with van der Waals surface area (Å²) in [5.74, 6) is -0.412. The zero-order valence-electron chi connectivity index (χ0n) is 8.48. The smallest absolute Gasteiger partial charge is 0.323 e. The third kappa shape index (κ3) is 1.93. The van der Waals surface area contributed by atoms with Crippen LogP contribution in [0.25, 0.3) is 0 Å². The first-order valence-corrected chi connectivity index (χ1v) is 5.11. The molecule has 0 aromatic carbocycles. The van der Waals surface area contributed by atoms with E-state index in [9.17, 15) is 4.79 Å². The molecule has 14 heavy (non-hydrogen) atoms. The number of carbonyl (C=O) groups excluding carboxylic acids is 1. The van der Waals surface area contributed by atoms with E-state index in [0.717, 1.165) is 5.01 Å². The molecule has 0 radical (unpaired) electrons. The van der Waals surface area contributed by atoms with Gasteiger partial charge in [0.15, 0.2) is 0 Å². The fourth-order valence-corrected chi connectivity index (χ4v) is 1.90. The molecule has 1 rings (SSSR count). The predicted octanol–water partition coefficient (Wildman–Crippen LogP) is 0.921. The maximum absolute atomic E-state index is 11.3. The van der Waals surface area contributed by atoms with Crippen LogP contribution in [-0.4, -0.2) is 24.1 Å². The highest BCUT2D eigenvalue weighted by atomic mass is 32.1. The van der Waals surface area contributed by atoms with Crippen molar-refractivity contribution in [3.63, 3.8) is 0 Å². The van der Waals surface area contributed by atoms with Crippen LogP contribution in [0.3, 0.4) is 0 Å². The van der Waals surface area contributed by atoms with Gasteiger partial charge in [-0.3, -0.25) is 4.79 Å². The predicted molar refractivity (Wildman–Crippen MR) is 55.1 cm³/mol. The van der Waals surface area contributed by atoms with Crippen molar-refractivity contribution >= 4 is 17.3 Å². The number of thiazole rings is 1.